The average Bonchev–Trinajstić information content (AvgIpc) is 3.18. The van der Waals surface area contributed by atoms with Gasteiger partial charge in [0.1, 0.15) is 5.82 Å². The maximum absolute atomic E-state index is 13.9. The molecule has 0 atom stereocenters. The Hall–Kier alpha value is -3.01. The third-order valence-corrected chi connectivity index (χ3v) is 5.54. The van der Waals surface area contributed by atoms with Gasteiger partial charge in [0.2, 0.25) is 5.91 Å². The number of benzene rings is 2. The second-order valence-electron chi connectivity index (χ2n) is 6.49. The highest BCUT2D eigenvalue weighted by Gasteiger charge is 2.13. The average molecular weight is 495 g/mol. The molecule has 166 valence electrons. The molecule has 0 saturated carbocycles. The van der Waals surface area contributed by atoms with Crippen molar-refractivity contribution in [1.82, 2.24) is 15.2 Å². The van der Waals surface area contributed by atoms with Crippen LogP contribution in [0.15, 0.2) is 59.0 Å². The number of carbonyl (C=O) groups is 3. The molecule has 0 spiro atoms. The van der Waals surface area contributed by atoms with Crippen LogP contribution >= 0.6 is 34.5 Å². The summed E-state index contributed by atoms with van der Waals surface area (Å²) in [5.74, 6) is -2.06. The van der Waals surface area contributed by atoms with Gasteiger partial charge in [-0.25, -0.2) is 4.39 Å². The van der Waals surface area contributed by atoms with E-state index in [4.69, 9.17) is 23.2 Å². The van der Waals surface area contributed by atoms with E-state index >= 15 is 0 Å². The predicted octanol–water partition coefficient (Wildman–Crippen LogP) is 3.02. The van der Waals surface area contributed by atoms with Gasteiger partial charge < -0.3 is 15.2 Å². The van der Waals surface area contributed by atoms with E-state index < -0.39 is 17.7 Å². The van der Waals surface area contributed by atoms with Crippen molar-refractivity contribution in [3.05, 3.63) is 85.8 Å². The molecule has 0 aliphatic rings. The lowest BCUT2D eigenvalue weighted by molar-refractivity contribution is -0.124. The molecule has 2 N–H and O–H groups in total. The predicted molar refractivity (Wildman–Crippen MR) is 120 cm³/mol. The van der Waals surface area contributed by atoms with E-state index in [0.717, 1.165) is 0 Å². The van der Waals surface area contributed by atoms with E-state index in [1.807, 2.05) is 0 Å². The highest BCUT2D eigenvalue weighted by molar-refractivity contribution is 7.07. The molecule has 3 rings (SSSR count). The molecule has 3 amide bonds. The van der Waals surface area contributed by atoms with Crippen molar-refractivity contribution in [2.45, 2.75) is 6.54 Å². The van der Waals surface area contributed by atoms with Crippen LogP contribution in [0.4, 0.5) is 4.39 Å². The summed E-state index contributed by atoms with van der Waals surface area (Å²) in [6.45, 7) is -0.487. The second kappa shape index (κ2) is 11.0. The lowest BCUT2D eigenvalue weighted by atomic mass is 10.2. The number of hydrogen-bond donors (Lipinski definition) is 2. The van der Waals surface area contributed by atoms with Crippen molar-refractivity contribution in [2.24, 2.45) is 4.99 Å². The van der Waals surface area contributed by atoms with Crippen LogP contribution in [-0.2, 0) is 16.1 Å². The van der Waals surface area contributed by atoms with Gasteiger partial charge in [0.15, 0.2) is 4.80 Å². The first-order valence-electron chi connectivity index (χ1n) is 9.28. The van der Waals surface area contributed by atoms with Crippen molar-refractivity contribution >= 4 is 52.3 Å². The van der Waals surface area contributed by atoms with Crippen molar-refractivity contribution in [3.8, 4) is 0 Å². The molecule has 11 heteroatoms. The first-order chi connectivity index (χ1) is 15.3. The number of rotatable bonds is 7. The van der Waals surface area contributed by atoms with Gasteiger partial charge in [0.05, 0.1) is 30.2 Å². The van der Waals surface area contributed by atoms with E-state index in [1.54, 1.807) is 34.3 Å². The fourth-order valence-electron chi connectivity index (χ4n) is 2.63. The summed E-state index contributed by atoms with van der Waals surface area (Å²) in [5, 5.41) is 7.06. The maximum atomic E-state index is 13.9. The van der Waals surface area contributed by atoms with Crippen molar-refractivity contribution < 1.29 is 18.8 Å². The van der Waals surface area contributed by atoms with E-state index in [0.29, 0.717) is 15.4 Å². The summed E-state index contributed by atoms with van der Waals surface area (Å²) < 4.78 is 15.5. The molecular formula is C21H17Cl2FN4O3S. The molecule has 32 heavy (non-hydrogen) atoms. The molecule has 0 saturated heterocycles. The minimum absolute atomic E-state index is 0.157. The van der Waals surface area contributed by atoms with Crippen molar-refractivity contribution in [3.63, 3.8) is 0 Å². The largest absolute Gasteiger partial charge is 0.345 e. The number of halogens is 3. The lowest BCUT2D eigenvalue weighted by Crippen LogP contribution is -2.39. The Morgan fingerprint density at radius 3 is 2.59 bits per heavy atom. The van der Waals surface area contributed by atoms with Gasteiger partial charge in [-0.1, -0.05) is 41.4 Å². The Kier molecular flexibility index (Phi) is 8.15. The smallest absolute Gasteiger partial charge is 0.267 e. The number of aromatic nitrogens is 1. The zero-order chi connectivity index (χ0) is 23.1. The first kappa shape index (κ1) is 23.6. The molecule has 3 aromatic rings. The monoisotopic (exact) mass is 494 g/mol. The first-order valence-corrected chi connectivity index (χ1v) is 10.9. The molecule has 0 unspecified atom stereocenters. The summed E-state index contributed by atoms with van der Waals surface area (Å²) in [6, 6.07) is 10.7. The van der Waals surface area contributed by atoms with Crippen LogP contribution in [0.3, 0.4) is 0 Å². The number of nitrogens with zero attached hydrogens (tertiary/aromatic N) is 2. The number of hydrogen-bond acceptors (Lipinski definition) is 4. The second-order valence-corrected chi connectivity index (χ2v) is 8.21. The van der Waals surface area contributed by atoms with Gasteiger partial charge in [0, 0.05) is 22.2 Å². The third kappa shape index (κ3) is 6.49. The third-order valence-electron chi connectivity index (χ3n) is 4.20. The minimum Gasteiger partial charge on any atom is -0.345 e. The minimum atomic E-state index is -0.588. The van der Waals surface area contributed by atoms with Crippen LogP contribution in [0.2, 0.25) is 10.0 Å². The van der Waals surface area contributed by atoms with Gasteiger partial charge in [-0.3, -0.25) is 14.4 Å². The number of amides is 3. The Bertz CT molecular complexity index is 1230. The molecule has 0 radical (unpaired) electrons. The fourth-order valence-corrected chi connectivity index (χ4v) is 3.87. The molecule has 7 nitrogen and oxygen atoms in total. The van der Waals surface area contributed by atoms with E-state index in [1.165, 1.54) is 35.6 Å². The van der Waals surface area contributed by atoms with E-state index in [-0.39, 0.29) is 36.0 Å². The van der Waals surface area contributed by atoms with Crippen LogP contribution in [0, 0.1) is 5.82 Å². The molecule has 0 aliphatic heterocycles. The van der Waals surface area contributed by atoms with Gasteiger partial charge in [-0.15, -0.1) is 11.3 Å². The van der Waals surface area contributed by atoms with E-state index in [9.17, 15) is 18.8 Å². The lowest BCUT2D eigenvalue weighted by Gasteiger charge is -2.07. The van der Waals surface area contributed by atoms with Gasteiger partial charge in [-0.05, 0) is 24.3 Å². The van der Waals surface area contributed by atoms with Crippen molar-refractivity contribution in [2.75, 3.05) is 13.1 Å². The topological polar surface area (TPSA) is 92.6 Å². The Morgan fingerprint density at radius 2 is 1.84 bits per heavy atom. The van der Waals surface area contributed by atoms with Crippen LogP contribution in [0.1, 0.15) is 15.9 Å². The highest BCUT2D eigenvalue weighted by atomic mass is 35.5. The summed E-state index contributed by atoms with van der Waals surface area (Å²) in [6.07, 6.45) is 1.69. The standard InChI is InChI=1S/C21H17Cl2FN4O3S/c22-14-5-6-15(16(23)9-14)20(31)26-10-18(29)25-11-19(30)27-21-28(7-8-32-21)12-13-3-1-2-4-17(13)24/h1-9H,10-12H2,(H,25,29)(H,26,31). The Balaban J connectivity index is 1.52. The maximum Gasteiger partial charge on any atom is 0.267 e. The summed E-state index contributed by atoms with van der Waals surface area (Å²) in [4.78, 5) is 40.5. The highest BCUT2D eigenvalue weighted by Crippen LogP contribution is 2.20. The number of carbonyl (C=O) groups excluding carboxylic acids is 3. The molecule has 2 aromatic carbocycles. The SMILES string of the molecule is O=C(CNC(=O)CNC(=O)c1ccc(Cl)cc1Cl)N=c1sccn1Cc1ccccc1F. The van der Waals surface area contributed by atoms with Gasteiger partial charge in [0.25, 0.3) is 11.8 Å². The van der Waals surface area contributed by atoms with Crippen LogP contribution in [0.5, 0.6) is 0 Å². The Morgan fingerprint density at radius 1 is 1.06 bits per heavy atom. The van der Waals surface area contributed by atoms with Gasteiger partial charge >= 0.3 is 0 Å². The van der Waals surface area contributed by atoms with Crippen LogP contribution in [-0.4, -0.2) is 35.4 Å². The zero-order valence-electron chi connectivity index (χ0n) is 16.5. The Labute approximate surface area is 196 Å². The summed E-state index contributed by atoms with van der Waals surface area (Å²) in [7, 11) is 0. The summed E-state index contributed by atoms with van der Waals surface area (Å²) >= 11 is 13.0. The summed E-state index contributed by atoms with van der Waals surface area (Å²) in [5.41, 5.74) is 0.636. The zero-order valence-corrected chi connectivity index (χ0v) is 18.8. The quantitative estimate of drug-likeness (QED) is 0.528. The number of thiazole rings is 1. The molecule has 0 bridgehead atoms. The van der Waals surface area contributed by atoms with E-state index in [2.05, 4.69) is 15.6 Å². The molecule has 1 aromatic heterocycles. The fraction of sp³-hybridized carbons (Fsp3) is 0.143. The molecular weight excluding hydrogens is 478 g/mol. The van der Waals surface area contributed by atoms with Crippen LogP contribution in [0.25, 0.3) is 0 Å². The molecule has 1 heterocycles. The molecule has 0 aliphatic carbocycles. The normalized spacial score (nSPS) is 11.3. The molecule has 0 fully saturated rings. The van der Waals surface area contributed by atoms with Crippen molar-refractivity contribution in [1.29, 1.82) is 0 Å². The number of nitrogens with one attached hydrogen (secondary N) is 2. The van der Waals surface area contributed by atoms with Gasteiger partial charge in [-0.2, -0.15) is 4.99 Å². The van der Waals surface area contributed by atoms with Crippen LogP contribution < -0.4 is 15.4 Å².